The Hall–Kier alpha value is -4.50. The molecule has 0 spiro atoms. The molecule has 0 unspecified atom stereocenters. The molecule has 0 amide bonds. The molecule has 2 N–H and O–H groups in total. The van der Waals surface area contributed by atoms with E-state index in [0.29, 0.717) is 24.3 Å². The van der Waals surface area contributed by atoms with Crippen LogP contribution < -0.4 is 0 Å². The highest BCUT2D eigenvalue weighted by Crippen LogP contribution is 2.34. The van der Waals surface area contributed by atoms with E-state index in [2.05, 4.69) is 20.2 Å². The lowest BCUT2D eigenvalue weighted by Gasteiger charge is -2.15. The molecule has 4 aromatic heterocycles. The summed E-state index contributed by atoms with van der Waals surface area (Å²) in [5.74, 6) is -2.90. The summed E-state index contributed by atoms with van der Waals surface area (Å²) in [6.45, 7) is 0.557. The van der Waals surface area contributed by atoms with Crippen LogP contribution in [0.3, 0.4) is 0 Å². The van der Waals surface area contributed by atoms with E-state index in [-0.39, 0.29) is 18.8 Å². The van der Waals surface area contributed by atoms with Gasteiger partial charge in [0.1, 0.15) is 17.0 Å². The predicted molar refractivity (Wildman–Crippen MR) is 145 cm³/mol. The Bertz CT molecular complexity index is 1820. The third kappa shape index (κ3) is 4.44. The molecular formula is C30H23F3N6. The fourth-order valence-corrected chi connectivity index (χ4v) is 5.33. The lowest BCUT2D eigenvalue weighted by atomic mass is 10.0. The first kappa shape index (κ1) is 23.6. The van der Waals surface area contributed by atoms with E-state index in [1.54, 1.807) is 29.4 Å². The van der Waals surface area contributed by atoms with Crippen LogP contribution in [0.25, 0.3) is 55.7 Å². The van der Waals surface area contributed by atoms with Gasteiger partial charge in [0.2, 0.25) is 0 Å². The van der Waals surface area contributed by atoms with E-state index in [9.17, 15) is 13.2 Å². The van der Waals surface area contributed by atoms with Gasteiger partial charge in [-0.3, -0.25) is 15.0 Å². The van der Waals surface area contributed by atoms with Gasteiger partial charge >= 0.3 is 0 Å². The van der Waals surface area contributed by atoms with E-state index < -0.39 is 5.92 Å². The fraction of sp³-hybridized carbons (Fsp3) is 0.167. The van der Waals surface area contributed by atoms with Crippen molar-refractivity contribution in [1.29, 1.82) is 0 Å². The van der Waals surface area contributed by atoms with Crippen LogP contribution in [0.5, 0.6) is 0 Å². The van der Waals surface area contributed by atoms with Crippen LogP contribution in [0.15, 0.2) is 79.1 Å². The Morgan fingerprint density at radius 2 is 1.79 bits per heavy atom. The van der Waals surface area contributed by atoms with Crippen LogP contribution in [0.2, 0.25) is 0 Å². The van der Waals surface area contributed by atoms with Gasteiger partial charge in [-0.05, 0) is 59.2 Å². The van der Waals surface area contributed by atoms with E-state index in [4.69, 9.17) is 4.98 Å². The standard InChI is InChI=1S/C30H23F3N6/c31-21-6-4-19(5-7-21)22-2-1-3-25-23(22)13-27(35-25)29-28-26(37-38-29)9-8-24(36-28)20-12-18(14-34-15-20)16-39-11-10-30(32,33)17-39/h1-9,12-15,35H,10-11,16-17H2,(H,37,38). The van der Waals surface area contributed by atoms with Crippen LogP contribution in [-0.2, 0) is 6.54 Å². The highest BCUT2D eigenvalue weighted by atomic mass is 19.3. The van der Waals surface area contributed by atoms with Crippen LogP contribution in [0.1, 0.15) is 12.0 Å². The summed E-state index contributed by atoms with van der Waals surface area (Å²) in [6.07, 6.45) is 3.33. The first-order valence-corrected chi connectivity index (χ1v) is 12.7. The molecule has 6 nitrogen and oxygen atoms in total. The normalized spacial score (nSPS) is 15.5. The van der Waals surface area contributed by atoms with Gasteiger partial charge in [0.05, 0.1) is 23.4 Å². The number of pyridine rings is 2. The second kappa shape index (κ2) is 9.06. The molecule has 7 rings (SSSR count). The summed E-state index contributed by atoms with van der Waals surface area (Å²) in [7, 11) is 0. The second-order valence-corrected chi connectivity index (χ2v) is 10.0. The Morgan fingerprint density at radius 1 is 0.923 bits per heavy atom. The number of alkyl halides is 2. The molecule has 39 heavy (non-hydrogen) atoms. The van der Waals surface area contributed by atoms with Crippen LogP contribution in [0.4, 0.5) is 13.2 Å². The zero-order valence-corrected chi connectivity index (χ0v) is 20.8. The van der Waals surface area contributed by atoms with Crippen molar-refractivity contribution in [2.24, 2.45) is 0 Å². The average molecular weight is 525 g/mol. The number of H-pyrrole nitrogens is 2. The number of benzene rings is 2. The number of rotatable bonds is 5. The Kier molecular flexibility index (Phi) is 5.48. The van der Waals surface area contributed by atoms with E-state index in [1.807, 2.05) is 42.5 Å². The summed E-state index contributed by atoms with van der Waals surface area (Å²) in [5, 5.41) is 8.61. The van der Waals surface area contributed by atoms with E-state index in [1.165, 1.54) is 12.1 Å². The van der Waals surface area contributed by atoms with Crippen LogP contribution in [0, 0.1) is 5.82 Å². The first-order valence-electron chi connectivity index (χ1n) is 12.7. The van der Waals surface area contributed by atoms with Crippen LogP contribution in [-0.4, -0.2) is 49.1 Å². The van der Waals surface area contributed by atoms with Crippen molar-refractivity contribution in [1.82, 2.24) is 30.0 Å². The Balaban J connectivity index is 1.24. The number of aromatic amines is 2. The van der Waals surface area contributed by atoms with Crippen molar-refractivity contribution in [3.63, 3.8) is 0 Å². The molecule has 0 atom stereocenters. The highest BCUT2D eigenvalue weighted by molar-refractivity contribution is 6.00. The fourth-order valence-electron chi connectivity index (χ4n) is 5.33. The van der Waals surface area contributed by atoms with Crippen molar-refractivity contribution >= 4 is 21.9 Å². The minimum Gasteiger partial charge on any atom is -0.353 e. The van der Waals surface area contributed by atoms with Gasteiger partial charge in [0, 0.05) is 48.4 Å². The molecule has 0 radical (unpaired) electrons. The maximum absolute atomic E-state index is 13.6. The summed E-state index contributed by atoms with van der Waals surface area (Å²) in [4.78, 5) is 14.5. The van der Waals surface area contributed by atoms with E-state index >= 15 is 0 Å². The molecule has 5 heterocycles. The lowest BCUT2D eigenvalue weighted by Crippen LogP contribution is -2.24. The number of hydrogen-bond acceptors (Lipinski definition) is 4. The van der Waals surface area contributed by atoms with Gasteiger partial charge in [-0.1, -0.05) is 24.3 Å². The summed E-state index contributed by atoms with van der Waals surface area (Å²) < 4.78 is 40.8. The maximum Gasteiger partial charge on any atom is 0.261 e. The lowest BCUT2D eigenvalue weighted by molar-refractivity contribution is 0.0115. The summed E-state index contributed by atoms with van der Waals surface area (Å²) in [5.41, 5.74) is 8.20. The number of nitrogens with one attached hydrogen (secondary N) is 2. The quantitative estimate of drug-likeness (QED) is 0.260. The number of fused-ring (bicyclic) bond motifs is 2. The van der Waals surface area contributed by atoms with Crippen molar-refractivity contribution < 1.29 is 13.2 Å². The minimum absolute atomic E-state index is 0.110. The van der Waals surface area contributed by atoms with Crippen molar-refractivity contribution in [3.8, 4) is 33.8 Å². The molecule has 0 bridgehead atoms. The van der Waals surface area contributed by atoms with Gasteiger partial charge in [0.15, 0.2) is 0 Å². The Labute approximate surface area is 221 Å². The third-order valence-corrected chi connectivity index (χ3v) is 7.23. The Morgan fingerprint density at radius 3 is 2.62 bits per heavy atom. The van der Waals surface area contributed by atoms with Gasteiger partial charge < -0.3 is 4.98 Å². The van der Waals surface area contributed by atoms with Crippen molar-refractivity contribution in [2.75, 3.05) is 13.1 Å². The number of likely N-dealkylation sites (tertiary alicyclic amines) is 1. The van der Waals surface area contributed by atoms with Crippen molar-refractivity contribution in [2.45, 2.75) is 18.9 Å². The summed E-state index contributed by atoms with van der Waals surface area (Å²) in [6, 6.07) is 20.2. The van der Waals surface area contributed by atoms with Crippen molar-refractivity contribution in [3.05, 3.63) is 90.5 Å². The number of hydrogen-bond donors (Lipinski definition) is 2. The minimum atomic E-state index is -2.63. The van der Waals surface area contributed by atoms with E-state index in [0.717, 1.165) is 50.1 Å². The molecule has 194 valence electrons. The SMILES string of the molecule is Fc1ccc(-c2cccc3[nH]c(-c4n[nH]c5ccc(-c6cncc(CN7CCC(F)(F)C7)c6)nc45)cc23)cc1. The molecule has 9 heteroatoms. The number of nitrogens with zero attached hydrogens (tertiary/aromatic N) is 4. The molecule has 1 aliphatic rings. The molecule has 0 aliphatic carbocycles. The molecule has 6 aromatic rings. The molecule has 1 saturated heterocycles. The monoisotopic (exact) mass is 524 g/mol. The smallest absolute Gasteiger partial charge is 0.261 e. The second-order valence-electron chi connectivity index (χ2n) is 10.0. The largest absolute Gasteiger partial charge is 0.353 e. The number of halogens is 3. The number of aromatic nitrogens is 5. The first-order chi connectivity index (χ1) is 18.9. The predicted octanol–water partition coefficient (Wildman–Crippen LogP) is 6.82. The molecule has 2 aromatic carbocycles. The van der Waals surface area contributed by atoms with Gasteiger partial charge in [-0.25, -0.2) is 18.2 Å². The topological polar surface area (TPSA) is 73.5 Å². The van der Waals surface area contributed by atoms with Gasteiger partial charge in [-0.2, -0.15) is 5.10 Å². The zero-order valence-electron chi connectivity index (χ0n) is 20.8. The zero-order chi connectivity index (χ0) is 26.6. The van der Waals surface area contributed by atoms with Crippen LogP contribution >= 0.6 is 0 Å². The maximum atomic E-state index is 13.6. The average Bonchev–Trinajstić information content (AvgIpc) is 3.64. The molecule has 0 saturated carbocycles. The van der Waals surface area contributed by atoms with Gasteiger partial charge in [-0.15, -0.1) is 0 Å². The molecular weight excluding hydrogens is 501 g/mol. The van der Waals surface area contributed by atoms with Gasteiger partial charge in [0.25, 0.3) is 5.92 Å². The molecule has 1 fully saturated rings. The third-order valence-electron chi connectivity index (χ3n) is 7.23. The highest BCUT2D eigenvalue weighted by Gasteiger charge is 2.37. The molecule has 1 aliphatic heterocycles. The summed E-state index contributed by atoms with van der Waals surface area (Å²) >= 11 is 0.